The molecule has 0 fully saturated rings. The molecule has 6 heteroatoms. The van der Waals surface area contributed by atoms with Gasteiger partial charge in [0.1, 0.15) is 0 Å². The fourth-order valence-corrected chi connectivity index (χ4v) is 0. The average Bonchev–Trinajstić information content (AvgIpc) is 1.41. The summed E-state index contributed by atoms with van der Waals surface area (Å²) in [5.41, 5.74) is 0. The van der Waals surface area contributed by atoms with E-state index in [0.29, 0.717) is 0 Å². The Morgan fingerprint density at radius 1 is 1.43 bits per heavy atom. The third kappa shape index (κ3) is 54.7. The molecule has 0 atom stereocenters. The number of hydrogen-bond acceptors (Lipinski definition) is 1. The van der Waals surface area contributed by atoms with Crippen LogP contribution in [0.15, 0.2) is 0 Å². The van der Waals surface area contributed by atoms with Crippen LogP contribution in [0.2, 0.25) is 0 Å². The Bertz CT molecular complexity index is 37.9. The third-order valence-electron chi connectivity index (χ3n) is 0. The number of halogens is 1. The van der Waals surface area contributed by atoms with E-state index in [1.807, 2.05) is 0 Å². The van der Waals surface area contributed by atoms with Crippen molar-refractivity contribution in [2.45, 2.75) is 0 Å². The normalized spacial score (nSPS) is 4.43. The number of carbonyl (C=O) groups is 1. The van der Waals surface area contributed by atoms with Crippen molar-refractivity contribution in [2.75, 3.05) is 0 Å². The second-order valence-corrected chi connectivity index (χ2v) is 0.283. The van der Waals surface area contributed by atoms with Gasteiger partial charge in [-0.2, -0.15) is 0 Å². The van der Waals surface area contributed by atoms with Gasteiger partial charge in [0.2, 0.25) is 0 Å². The summed E-state index contributed by atoms with van der Waals surface area (Å²) in [5, 5.41) is 13.9. The molecule has 0 bridgehead atoms. The molecule has 0 saturated heterocycles. The Hall–Kier alpha value is 2.64. The molecule has 0 radical (unpaired) electrons. The van der Waals surface area contributed by atoms with Gasteiger partial charge in [-0.3, -0.25) is 0 Å². The first-order valence-electron chi connectivity index (χ1n) is 1.03. The van der Waals surface area contributed by atoms with Crippen LogP contribution in [0.4, 0.5) is 4.79 Å². The van der Waals surface area contributed by atoms with Crippen LogP contribution in [0.5, 0.6) is 0 Å². The van der Waals surface area contributed by atoms with Crippen LogP contribution < -0.4 is 0 Å². The van der Waals surface area contributed by atoms with Gasteiger partial charge in [0.25, 0.3) is 0 Å². The van der Waals surface area contributed by atoms with Crippen molar-refractivity contribution in [3.63, 3.8) is 0 Å². The first-order valence-corrected chi connectivity index (χ1v) is 11.1. The first-order chi connectivity index (χ1) is 2.73. The summed E-state index contributed by atoms with van der Waals surface area (Å²) in [4.78, 5) is 8.56. The molecule has 0 saturated carbocycles. The van der Waals surface area contributed by atoms with Crippen molar-refractivity contribution >= 4 is 89.7 Å². The Labute approximate surface area is 102 Å². The van der Waals surface area contributed by atoms with Gasteiger partial charge in [-0.1, -0.05) is 0 Å². The summed E-state index contributed by atoms with van der Waals surface area (Å²) >= 11 is 3.37. The monoisotopic (exact) mass is 252 g/mol. The molecular formula is CH3IKNaO3. The van der Waals surface area contributed by atoms with E-state index in [1.165, 1.54) is 0 Å². The molecule has 0 unspecified atom stereocenters. The predicted octanol–water partition coefficient (Wildman–Crippen LogP) is 0.0788. The van der Waals surface area contributed by atoms with E-state index in [4.69, 9.17) is 15.0 Å². The van der Waals surface area contributed by atoms with Gasteiger partial charge >= 0.3 is 89.7 Å². The van der Waals surface area contributed by atoms with Crippen molar-refractivity contribution in [3.8, 4) is 0 Å². The number of hydrogen-bond donors (Lipinski definition) is 2. The van der Waals surface area contributed by atoms with Crippen molar-refractivity contribution in [2.24, 2.45) is 0 Å². The van der Waals surface area contributed by atoms with E-state index in [9.17, 15) is 0 Å². The van der Waals surface area contributed by atoms with E-state index in [0.717, 1.165) is 42.7 Å². The second-order valence-electron chi connectivity index (χ2n) is 0.283. The molecule has 0 aromatic carbocycles. The Morgan fingerprint density at radius 2 is 1.43 bits per heavy atom. The molecule has 0 rings (SSSR count). The van der Waals surface area contributed by atoms with Crippen LogP contribution in [0.25, 0.3) is 0 Å². The summed E-state index contributed by atoms with van der Waals surface area (Å²) < 4.78 is 0. The van der Waals surface area contributed by atoms with Gasteiger partial charge in [-0.15, -0.1) is 0 Å². The fraction of sp³-hybridized carbons (Fsp3) is 0. The van der Waals surface area contributed by atoms with Crippen LogP contribution in [0.1, 0.15) is 0 Å². The molecule has 0 aromatic rings. The van der Waals surface area contributed by atoms with Gasteiger partial charge in [-0.05, 0) is 0 Å². The fourth-order valence-electron chi connectivity index (χ4n) is 0. The van der Waals surface area contributed by atoms with E-state index < -0.39 is 6.16 Å². The van der Waals surface area contributed by atoms with Gasteiger partial charge < -0.3 is 10.2 Å². The zero-order valence-electron chi connectivity index (χ0n) is 3.18. The summed E-state index contributed by atoms with van der Waals surface area (Å²) in [7, 11) is 0. The molecule has 0 aliphatic rings. The molecule has 0 heterocycles. The molecule has 3 nitrogen and oxygen atoms in total. The molecular weight excluding hydrogens is 249 g/mol. The summed E-state index contributed by atoms with van der Waals surface area (Å²) in [5.74, 6) is 0. The van der Waals surface area contributed by atoms with Crippen LogP contribution in [0.3, 0.4) is 0 Å². The van der Waals surface area contributed by atoms with E-state index in [1.54, 1.807) is 0 Å². The van der Waals surface area contributed by atoms with Crippen LogP contribution in [-0.2, 0) is 0 Å². The van der Waals surface area contributed by atoms with Crippen LogP contribution in [-0.4, -0.2) is 88.6 Å². The summed E-state index contributed by atoms with van der Waals surface area (Å²) in [6.45, 7) is 0. The van der Waals surface area contributed by atoms with Crippen molar-refractivity contribution < 1.29 is 15.0 Å². The zero-order valence-corrected chi connectivity index (χ0v) is 8.46. The third-order valence-corrected chi connectivity index (χ3v) is 0. The quantitative estimate of drug-likeness (QED) is 0.474. The van der Waals surface area contributed by atoms with E-state index in [-0.39, 0.29) is 29.6 Å². The summed E-state index contributed by atoms with van der Waals surface area (Å²) in [6, 6.07) is 0. The van der Waals surface area contributed by atoms with Gasteiger partial charge in [0.15, 0.2) is 0 Å². The second kappa shape index (κ2) is 15.9. The molecule has 2 N–H and O–H groups in total. The van der Waals surface area contributed by atoms with Gasteiger partial charge in [0, 0.05) is 0 Å². The predicted molar refractivity (Wildman–Crippen MR) is 37.6 cm³/mol. The molecule has 0 amide bonds. The first kappa shape index (κ1) is 16.3. The van der Waals surface area contributed by atoms with Crippen molar-refractivity contribution in [1.29, 1.82) is 0 Å². The van der Waals surface area contributed by atoms with Crippen LogP contribution >= 0.6 is 11.3 Å². The SMILES string of the molecule is O=C(O)O.[K][I].[NaH]. The topological polar surface area (TPSA) is 57.5 Å². The average molecular weight is 252 g/mol. The number of rotatable bonds is 0. The molecule has 0 aliphatic heterocycles. The van der Waals surface area contributed by atoms with Gasteiger partial charge in [-0.25, -0.2) is 4.79 Å². The minimum absolute atomic E-state index is 0. The van der Waals surface area contributed by atoms with Crippen molar-refractivity contribution in [3.05, 3.63) is 0 Å². The Balaban J connectivity index is -0.0000000480. The molecule has 34 valence electrons. The Kier molecular flexibility index (Phi) is 37.0. The molecule has 0 spiro atoms. The number of carboxylic acid groups (broad SMARTS) is 2. The Morgan fingerprint density at radius 3 is 1.43 bits per heavy atom. The van der Waals surface area contributed by atoms with Crippen LogP contribution in [0, 0.1) is 0 Å². The maximum atomic E-state index is 8.56. The maximum absolute atomic E-state index is 8.56. The molecule has 0 aromatic heterocycles. The molecule has 0 aliphatic carbocycles. The standard InChI is InChI=1S/CH2O3.HI.K.Na.H/c2-1(3)4;;;;/h(H2,2,3,4);1H;;;/q;;+1;;/p-1. The summed E-state index contributed by atoms with van der Waals surface area (Å²) in [6.07, 6.45) is -1.83. The van der Waals surface area contributed by atoms with E-state index >= 15 is 0 Å². The van der Waals surface area contributed by atoms with Crippen molar-refractivity contribution in [1.82, 2.24) is 0 Å². The minimum atomic E-state index is -1.83. The molecule has 7 heavy (non-hydrogen) atoms. The zero-order chi connectivity index (χ0) is 5.58. The van der Waals surface area contributed by atoms with E-state index in [2.05, 4.69) is 11.3 Å². The van der Waals surface area contributed by atoms with Gasteiger partial charge in [0.05, 0.1) is 0 Å².